The topological polar surface area (TPSA) is 91.3 Å². The van der Waals surface area contributed by atoms with Crippen LogP contribution in [0.1, 0.15) is 49.4 Å². The molecular weight excluding hydrogens is 326 g/mol. The summed E-state index contributed by atoms with van der Waals surface area (Å²) in [7, 11) is -3.83. The molecule has 0 aromatic heterocycles. The Morgan fingerprint density at radius 2 is 1.83 bits per heavy atom. The molecule has 0 spiro atoms. The molecule has 0 atom stereocenters. The molecule has 2 rings (SSSR count). The molecule has 0 radical (unpaired) electrons. The summed E-state index contributed by atoms with van der Waals surface area (Å²) in [6.07, 6.45) is 1.48. The van der Waals surface area contributed by atoms with Crippen molar-refractivity contribution in [3.8, 4) is 5.75 Å². The molecule has 1 aliphatic heterocycles. The molecule has 24 heavy (non-hydrogen) atoms. The lowest BCUT2D eigenvalue weighted by atomic mass is 9.94. The van der Waals surface area contributed by atoms with E-state index in [1.54, 1.807) is 6.92 Å². The SMILES string of the molecule is CCCNC(=N)NS(=O)(=O)c1c(C)c(C)c2c(c1C)CC(C)(C)O2. The second-order valence-corrected chi connectivity index (χ2v) is 8.58. The Balaban J connectivity index is 2.49. The minimum Gasteiger partial charge on any atom is -0.487 e. The van der Waals surface area contributed by atoms with E-state index in [0.717, 1.165) is 23.3 Å². The summed E-state index contributed by atoms with van der Waals surface area (Å²) < 4.78 is 34.0. The van der Waals surface area contributed by atoms with Crippen molar-refractivity contribution in [1.29, 1.82) is 5.41 Å². The first-order valence-corrected chi connectivity index (χ1v) is 9.65. The molecular formula is C17H27N3O3S. The van der Waals surface area contributed by atoms with E-state index in [4.69, 9.17) is 10.1 Å². The Morgan fingerprint density at radius 3 is 2.42 bits per heavy atom. The van der Waals surface area contributed by atoms with Gasteiger partial charge in [0.25, 0.3) is 10.0 Å². The van der Waals surface area contributed by atoms with Gasteiger partial charge in [-0.05, 0) is 57.7 Å². The van der Waals surface area contributed by atoms with Gasteiger partial charge < -0.3 is 10.1 Å². The third kappa shape index (κ3) is 3.36. The van der Waals surface area contributed by atoms with E-state index in [1.807, 2.05) is 34.6 Å². The van der Waals surface area contributed by atoms with Crippen LogP contribution in [0.2, 0.25) is 0 Å². The normalized spacial score (nSPS) is 15.6. The molecule has 1 aliphatic rings. The molecule has 6 nitrogen and oxygen atoms in total. The Hall–Kier alpha value is -1.76. The number of guanidine groups is 1. The standard InChI is InChI=1S/C17H27N3O3S/c1-7-8-19-16(18)20-24(21,22)15-11(3)10(2)14-13(12(15)4)9-17(5,6)23-14/h7-9H2,1-6H3,(H3,18,19,20). The van der Waals surface area contributed by atoms with Crippen LogP contribution >= 0.6 is 0 Å². The number of ether oxygens (including phenoxy) is 1. The zero-order valence-corrected chi connectivity index (χ0v) is 16.1. The molecule has 7 heteroatoms. The summed E-state index contributed by atoms with van der Waals surface area (Å²) in [6.45, 7) is 12.0. The highest BCUT2D eigenvalue weighted by Crippen LogP contribution is 2.43. The van der Waals surface area contributed by atoms with Gasteiger partial charge in [0, 0.05) is 18.5 Å². The molecule has 1 heterocycles. The lowest BCUT2D eigenvalue weighted by molar-refractivity contribution is 0.137. The van der Waals surface area contributed by atoms with Crippen LogP contribution in [-0.2, 0) is 16.4 Å². The molecule has 0 fully saturated rings. The monoisotopic (exact) mass is 353 g/mol. The molecule has 0 aliphatic carbocycles. The minimum absolute atomic E-state index is 0.203. The molecule has 1 aromatic rings. The summed E-state index contributed by atoms with van der Waals surface area (Å²) >= 11 is 0. The molecule has 3 N–H and O–H groups in total. The molecule has 0 bridgehead atoms. The van der Waals surface area contributed by atoms with E-state index >= 15 is 0 Å². The number of rotatable bonds is 4. The van der Waals surface area contributed by atoms with Crippen molar-refractivity contribution in [2.75, 3.05) is 6.54 Å². The molecule has 0 saturated carbocycles. The van der Waals surface area contributed by atoms with E-state index in [1.165, 1.54) is 0 Å². The molecule has 0 unspecified atom stereocenters. The number of sulfonamides is 1. The van der Waals surface area contributed by atoms with Crippen LogP contribution in [0.3, 0.4) is 0 Å². The first-order chi connectivity index (χ1) is 11.0. The summed E-state index contributed by atoms with van der Waals surface area (Å²) in [4.78, 5) is 0.253. The van der Waals surface area contributed by atoms with E-state index in [0.29, 0.717) is 24.1 Å². The van der Waals surface area contributed by atoms with E-state index in [-0.39, 0.29) is 16.5 Å². The smallest absolute Gasteiger partial charge is 0.264 e. The third-order valence-electron chi connectivity index (χ3n) is 4.35. The molecule has 0 saturated heterocycles. The number of hydrogen-bond acceptors (Lipinski definition) is 4. The summed E-state index contributed by atoms with van der Waals surface area (Å²) in [5.41, 5.74) is 2.82. The predicted molar refractivity (Wildman–Crippen MR) is 95.4 cm³/mol. The summed E-state index contributed by atoms with van der Waals surface area (Å²) in [6, 6.07) is 0. The minimum atomic E-state index is -3.83. The van der Waals surface area contributed by atoms with Gasteiger partial charge in [-0.1, -0.05) is 6.92 Å². The van der Waals surface area contributed by atoms with E-state index in [2.05, 4.69) is 10.0 Å². The summed E-state index contributed by atoms with van der Waals surface area (Å²) in [5, 5.41) is 10.5. The number of nitrogens with one attached hydrogen (secondary N) is 3. The zero-order chi connectivity index (χ0) is 18.3. The van der Waals surface area contributed by atoms with Gasteiger partial charge in [-0.3, -0.25) is 5.41 Å². The van der Waals surface area contributed by atoms with Gasteiger partial charge in [0.15, 0.2) is 0 Å². The maximum absolute atomic E-state index is 12.8. The van der Waals surface area contributed by atoms with Gasteiger partial charge in [-0.2, -0.15) is 0 Å². The highest BCUT2D eigenvalue weighted by molar-refractivity contribution is 7.90. The van der Waals surface area contributed by atoms with Crippen LogP contribution in [0.15, 0.2) is 4.90 Å². The number of benzene rings is 1. The summed E-state index contributed by atoms with van der Waals surface area (Å²) in [5.74, 6) is 0.596. The van der Waals surface area contributed by atoms with Crippen LogP contribution in [0.25, 0.3) is 0 Å². The van der Waals surface area contributed by atoms with Gasteiger partial charge in [-0.15, -0.1) is 0 Å². The van der Waals surface area contributed by atoms with Gasteiger partial charge in [0.05, 0.1) is 4.90 Å². The van der Waals surface area contributed by atoms with Crippen molar-refractivity contribution in [3.05, 3.63) is 22.3 Å². The van der Waals surface area contributed by atoms with Crippen LogP contribution < -0.4 is 14.8 Å². The second kappa shape index (κ2) is 6.27. The number of fused-ring (bicyclic) bond motifs is 1. The van der Waals surface area contributed by atoms with Crippen LogP contribution in [0.5, 0.6) is 5.75 Å². The van der Waals surface area contributed by atoms with Crippen molar-refractivity contribution in [2.45, 2.75) is 64.9 Å². The molecule has 134 valence electrons. The van der Waals surface area contributed by atoms with Gasteiger partial charge in [0.2, 0.25) is 5.96 Å². The predicted octanol–water partition coefficient (Wildman–Crippen LogP) is 2.54. The lowest BCUT2D eigenvalue weighted by Crippen LogP contribution is -2.40. The Labute approximate surface area is 144 Å². The first-order valence-electron chi connectivity index (χ1n) is 8.17. The fourth-order valence-corrected chi connectivity index (χ4v) is 4.64. The van der Waals surface area contributed by atoms with Crippen molar-refractivity contribution in [1.82, 2.24) is 10.0 Å². The van der Waals surface area contributed by atoms with Crippen LogP contribution in [-0.4, -0.2) is 26.5 Å². The van der Waals surface area contributed by atoms with Gasteiger partial charge in [0.1, 0.15) is 11.4 Å². The highest BCUT2D eigenvalue weighted by atomic mass is 32.2. The van der Waals surface area contributed by atoms with E-state index < -0.39 is 10.0 Å². The van der Waals surface area contributed by atoms with Crippen LogP contribution in [0.4, 0.5) is 0 Å². The highest BCUT2D eigenvalue weighted by Gasteiger charge is 2.36. The van der Waals surface area contributed by atoms with E-state index in [9.17, 15) is 8.42 Å². The van der Waals surface area contributed by atoms with Crippen molar-refractivity contribution >= 4 is 16.0 Å². The van der Waals surface area contributed by atoms with Crippen molar-refractivity contribution in [3.63, 3.8) is 0 Å². The average molecular weight is 353 g/mol. The largest absolute Gasteiger partial charge is 0.487 e. The van der Waals surface area contributed by atoms with Gasteiger partial charge >= 0.3 is 0 Å². The Kier molecular flexibility index (Phi) is 4.86. The maximum Gasteiger partial charge on any atom is 0.264 e. The molecule has 1 aromatic carbocycles. The second-order valence-electron chi connectivity index (χ2n) is 6.96. The maximum atomic E-state index is 12.8. The first kappa shape index (κ1) is 18.6. The fraction of sp³-hybridized carbons (Fsp3) is 0.588. The zero-order valence-electron chi connectivity index (χ0n) is 15.3. The van der Waals surface area contributed by atoms with Crippen molar-refractivity contribution < 1.29 is 13.2 Å². The Bertz CT molecular complexity index is 783. The lowest BCUT2D eigenvalue weighted by Gasteiger charge is -2.19. The average Bonchev–Trinajstić information content (AvgIpc) is 2.78. The fourth-order valence-electron chi connectivity index (χ4n) is 3.12. The third-order valence-corrected chi connectivity index (χ3v) is 5.97. The molecule has 0 amide bonds. The Morgan fingerprint density at radius 1 is 1.21 bits per heavy atom. The van der Waals surface area contributed by atoms with Crippen LogP contribution in [0, 0.1) is 26.2 Å². The quantitative estimate of drug-likeness (QED) is 0.573. The van der Waals surface area contributed by atoms with Gasteiger partial charge in [-0.25, -0.2) is 13.1 Å². The van der Waals surface area contributed by atoms with Crippen molar-refractivity contribution in [2.24, 2.45) is 0 Å². The number of hydrogen-bond donors (Lipinski definition) is 3.